The van der Waals surface area contributed by atoms with Crippen LogP contribution in [-0.4, -0.2) is 59.6 Å². The van der Waals surface area contributed by atoms with Gasteiger partial charge in [-0.2, -0.15) is 10.2 Å². The number of nitrogens with one attached hydrogen (secondary N) is 2. The van der Waals surface area contributed by atoms with Gasteiger partial charge < -0.3 is 10.6 Å². The fourth-order valence-corrected chi connectivity index (χ4v) is 3.12. The summed E-state index contributed by atoms with van der Waals surface area (Å²) in [6, 6.07) is 13.7. The number of rotatable bonds is 10. The van der Waals surface area contributed by atoms with Crippen molar-refractivity contribution in [2.45, 2.75) is 13.8 Å². The number of carbonyl (C=O) groups is 4. The lowest BCUT2D eigenvalue weighted by Crippen LogP contribution is -2.37. The average Bonchev–Trinajstić information content (AvgIpc) is 3.15. The van der Waals surface area contributed by atoms with Crippen molar-refractivity contribution in [2.24, 2.45) is 10.2 Å². The molecule has 0 saturated carbocycles. The minimum absolute atomic E-state index is 0.0689. The maximum absolute atomic E-state index is 12.1. The van der Waals surface area contributed by atoms with E-state index in [4.69, 9.17) is 0 Å². The molecular formula is C24H26N6O4. The Morgan fingerprint density at radius 2 is 1.21 bits per heavy atom. The van der Waals surface area contributed by atoms with Crippen molar-refractivity contribution in [1.82, 2.24) is 9.80 Å². The first-order chi connectivity index (χ1) is 16.4. The Balaban J connectivity index is 1.50. The van der Waals surface area contributed by atoms with Crippen LogP contribution in [0.25, 0.3) is 0 Å². The van der Waals surface area contributed by atoms with Crippen molar-refractivity contribution in [1.29, 1.82) is 0 Å². The van der Waals surface area contributed by atoms with Crippen LogP contribution in [0.15, 0.2) is 70.9 Å². The van der Waals surface area contributed by atoms with Gasteiger partial charge in [-0.05, 0) is 61.6 Å². The van der Waals surface area contributed by atoms with Gasteiger partial charge in [0.2, 0.25) is 11.8 Å². The summed E-state index contributed by atoms with van der Waals surface area (Å²) < 4.78 is 0. The molecule has 0 spiro atoms. The maximum atomic E-state index is 12.1. The van der Waals surface area contributed by atoms with Crippen LogP contribution in [0, 0.1) is 0 Å². The highest BCUT2D eigenvalue weighted by Gasteiger charge is 2.25. The van der Waals surface area contributed by atoms with Gasteiger partial charge >= 0.3 is 0 Å². The summed E-state index contributed by atoms with van der Waals surface area (Å²) in [5, 5.41) is 13.8. The van der Waals surface area contributed by atoms with Gasteiger partial charge in [0.25, 0.3) is 11.8 Å². The van der Waals surface area contributed by atoms with E-state index >= 15 is 0 Å². The van der Waals surface area contributed by atoms with Crippen molar-refractivity contribution < 1.29 is 19.2 Å². The molecule has 10 heteroatoms. The molecule has 0 fully saturated rings. The van der Waals surface area contributed by atoms with Gasteiger partial charge in [0, 0.05) is 23.5 Å². The largest absolute Gasteiger partial charge is 0.325 e. The van der Waals surface area contributed by atoms with Gasteiger partial charge in [-0.1, -0.05) is 13.8 Å². The van der Waals surface area contributed by atoms with E-state index in [9.17, 15) is 19.2 Å². The van der Waals surface area contributed by atoms with Crippen LogP contribution >= 0.6 is 0 Å². The van der Waals surface area contributed by atoms with E-state index in [-0.39, 0.29) is 12.5 Å². The van der Waals surface area contributed by atoms with Gasteiger partial charge in [-0.25, -0.2) is 0 Å². The first-order valence-electron chi connectivity index (χ1n) is 10.9. The van der Waals surface area contributed by atoms with E-state index in [1.807, 2.05) is 18.7 Å². The predicted molar refractivity (Wildman–Crippen MR) is 128 cm³/mol. The highest BCUT2D eigenvalue weighted by Crippen LogP contribution is 2.22. The number of azo groups is 1. The second-order valence-electron chi connectivity index (χ2n) is 7.45. The molecule has 10 nitrogen and oxygen atoms in total. The Hall–Kier alpha value is -4.18. The molecule has 2 aromatic rings. The number of anilines is 2. The number of carbonyl (C=O) groups excluding carboxylic acids is 4. The molecule has 34 heavy (non-hydrogen) atoms. The van der Waals surface area contributed by atoms with Crippen molar-refractivity contribution in [2.75, 3.05) is 36.8 Å². The van der Waals surface area contributed by atoms with Crippen molar-refractivity contribution >= 4 is 46.4 Å². The zero-order valence-electron chi connectivity index (χ0n) is 19.0. The van der Waals surface area contributed by atoms with Crippen LogP contribution in [-0.2, 0) is 19.2 Å². The maximum Gasteiger partial charge on any atom is 0.254 e. The Labute approximate surface area is 197 Å². The number of amides is 4. The molecule has 2 aromatic carbocycles. The minimum Gasteiger partial charge on any atom is -0.325 e. The fraction of sp³-hybridized carbons (Fsp3) is 0.250. The molecule has 1 heterocycles. The van der Waals surface area contributed by atoms with Gasteiger partial charge in [0.15, 0.2) is 0 Å². The lowest BCUT2D eigenvalue weighted by atomic mass is 10.2. The molecule has 4 amide bonds. The molecule has 1 aliphatic rings. The van der Waals surface area contributed by atoms with E-state index in [1.54, 1.807) is 48.5 Å². The van der Waals surface area contributed by atoms with Crippen LogP contribution < -0.4 is 10.6 Å². The Bertz CT molecular complexity index is 1090. The third-order valence-corrected chi connectivity index (χ3v) is 5.05. The first kappa shape index (κ1) is 24.5. The van der Waals surface area contributed by atoms with Crippen LogP contribution in [0.5, 0.6) is 0 Å². The number of hydrogen-bond acceptors (Lipinski definition) is 7. The monoisotopic (exact) mass is 462 g/mol. The molecule has 0 bridgehead atoms. The highest BCUT2D eigenvalue weighted by molar-refractivity contribution is 6.15. The van der Waals surface area contributed by atoms with Gasteiger partial charge in [-0.15, -0.1) is 0 Å². The van der Waals surface area contributed by atoms with Crippen LogP contribution in [0.2, 0.25) is 0 Å². The number of benzene rings is 2. The lowest BCUT2D eigenvalue weighted by Gasteiger charge is -2.17. The molecule has 0 unspecified atom stereocenters. The molecule has 1 aliphatic heterocycles. The summed E-state index contributed by atoms with van der Waals surface area (Å²) in [5.41, 5.74) is 2.38. The summed E-state index contributed by atoms with van der Waals surface area (Å²) >= 11 is 0. The van der Waals surface area contributed by atoms with Crippen molar-refractivity contribution in [3.63, 3.8) is 0 Å². The van der Waals surface area contributed by atoms with E-state index in [1.165, 1.54) is 0 Å². The normalized spacial score (nSPS) is 13.2. The summed E-state index contributed by atoms with van der Waals surface area (Å²) in [6.07, 6.45) is 2.26. The smallest absolute Gasteiger partial charge is 0.254 e. The molecule has 0 aliphatic carbocycles. The van der Waals surface area contributed by atoms with E-state index in [2.05, 4.69) is 20.9 Å². The third-order valence-electron chi connectivity index (χ3n) is 5.05. The van der Waals surface area contributed by atoms with Crippen molar-refractivity contribution in [3.05, 3.63) is 60.7 Å². The topological polar surface area (TPSA) is 124 Å². The van der Waals surface area contributed by atoms with Crippen molar-refractivity contribution in [3.8, 4) is 0 Å². The summed E-state index contributed by atoms with van der Waals surface area (Å²) in [5.74, 6) is -1.57. The molecule has 2 N–H and O–H groups in total. The number of imide groups is 1. The average molecular weight is 463 g/mol. The van der Waals surface area contributed by atoms with Gasteiger partial charge in [-0.3, -0.25) is 29.0 Å². The Morgan fingerprint density at radius 1 is 0.765 bits per heavy atom. The van der Waals surface area contributed by atoms with Crippen LogP contribution in [0.1, 0.15) is 13.8 Å². The quantitative estimate of drug-likeness (QED) is 0.414. The number of likely N-dealkylation sites (N-methyl/N-ethyl adjacent to an activating group) is 1. The van der Waals surface area contributed by atoms with E-state index in [0.29, 0.717) is 29.3 Å². The SMILES string of the molecule is CCN(CC)CC(=O)Nc1ccc(N=Nc2ccc(NC(=O)CN3C(=O)C=CC3=O)cc2)cc1. The first-order valence-corrected chi connectivity index (χ1v) is 10.9. The molecule has 0 radical (unpaired) electrons. The zero-order chi connectivity index (χ0) is 24.5. The molecule has 0 saturated heterocycles. The van der Waals surface area contributed by atoms with E-state index < -0.39 is 17.7 Å². The molecule has 0 atom stereocenters. The van der Waals surface area contributed by atoms with Gasteiger partial charge in [0.05, 0.1) is 17.9 Å². The number of nitrogens with zero attached hydrogens (tertiary/aromatic N) is 4. The second-order valence-corrected chi connectivity index (χ2v) is 7.45. The molecular weight excluding hydrogens is 436 g/mol. The van der Waals surface area contributed by atoms with Crippen LogP contribution in [0.4, 0.5) is 22.7 Å². The Morgan fingerprint density at radius 3 is 1.65 bits per heavy atom. The minimum atomic E-state index is -0.508. The van der Waals surface area contributed by atoms with E-state index in [0.717, 1.165) is 30.1 Å². The number of hydrogen-bond donors (Lipinski definition) is 2. The van der Waals surface area contributed by atoms with Crippen LogP contribution in [0.3, 0.4) is 0 Å². The molecule has 3 rings (SSSR count). The predicted octanol–water partition coefficient (Wildman–Crippen LogP) is 3.25. The molecule has 0 aromatic heterocycles. The lowest BCUT2D eigenvalue weighted by molar-refractivity contribution is -0.139. The van der Waals surface area contributed by atoms with Gasteiger partial charge in [0.1, 0.15) is 6.54 Å². The standard InChI is InChI=1S/C24H26N6O4/c1-3-29(4-2)15-21(31)25-17-5-9-19(10-6-17)27-28-20-11-7-18(8-12-20)26-22(32)16-30-23(33)13-14-24(30)34/h5-14H,3-4,15-16H2,1-2H3,(H,25,31)(H,26,32). The second kappa shape index (κ2) is 11.6. The zero-order valence-corrected chi connectivity index (χ0v) is 19.0. The summed E-state index contributed by atoms with van der Waals surface area (Å²) in [6.45, 7) is 5.65. The highest BCUT2D eigenvalue weighted by atomic mass is 16.2. The molecule has 176 valence electrons. The third kappa shape index (κ3) is 6.91. The fourth-order valence-electron chi connectivity index (χ4n) is 3.12. The summed E-state index contributed by atoms with van der Waals surface area (Å²) in [4.78, 5) is 50.1. The Kier molecular flexibility index (Phi) is 8.36. The summed E-state index contributed by atoms with van der Waals surface area (Å²) in [7, 11) is 0.